The number of piperazine rings is 1. The molecule has 0 aliphatic carbocycles. The molecule has 3 aromatic rings. The van der Waals surface area contributed by atoms with E-state index in [1.807, 2.05) is 26.0 Å². The number of imidazole rings is 1. The minimum atomic E-state index is -0.248. The molecule has 0 radical (unpaired) electrons. The molecular weight excluding hydrogens is 478 g/mol. The fourth-order valence-electron chi connectivity index (χ4n) is 3.81. The lowest BCUT2D eigenvalue weighted by molar-refractivity contribution is 0.102. The topological polar surface area (TPSA) is 110 Å². The predicted molar refractivity (Wildman–Crippen MR) is 152 cm³/mol. The fourth-order valence-corrected chi connectivity index (χ4v) is 3.81. The van der Waals surface area contributed by atoms with Crippen molar-refractivity contribution >= 4 is 23.9 Å². The van der Waals surface area contributed by atoms with E-state index in [-0.39, 0.29) is 5.91 Å². The average molecular weight is 514 g/mol. The van der Waals surface area contributed by atoms with Gasteiger partial charge in [-0.15, -0.1) is 0 Å². The van der Waals surface area contributed by atoms with Gasteiger partial charge in [0.1, 0.15) is 17.3 Å². The Bertz CT molecular complexity index is 1310. The van der Waals surface area contributed by atoms with E-state index in [2.05, 4.69) is 49.0 Å². The molecule has 1 fully saturated rings. The Morgan fingerprint density at radius 3 is 2.68 bits per heavy atom. The number of hydrogen-bond acceptors (Lipinski definition) is 7. The van der Waals surface area contributed by atoms with Crippen LogP contribution in [-0.2, 0) is 6.54 Å². The highest BCUT2D eigenvalue weighted by atomic mass is 16.5. The van der Waals surface area contributed by atoms with E-state index in [9.17, 15) is 4.79 Å². The Labute approximate surface area is 224 Å². The van der Waals surface area contributed by atoms with Crippen LogP contribution < -0.4 is 10.1 Å². The van der Waals surface area contributed by atoms with Crippen molar-refractivity contribution in [1.82, 2.24) is 24.8 Å². The summed E-state index contributed by atoms with van der Waals surface area (Å²) >= 11 is 0. The molecule has 1 aliphatic rings. The zero-order valence-corrected chi connectivity index (χ0v) is 22.4. The van der Waals surface area contributed by atoms with Crippen LogP contribution in [0.1, 0.15) is 46.9 Å². The lowest BCUT2D eigenvalue weighted by Crippen LogP contribution is -2.43. The number of allylic oxidation sites excluding steroid dienone is 1. The molecule has 0 unspecified atom stereocenters. The molecule has 0 atom stereocenters. The number of anilines is 1. The fraction of sp³-hybridized carbons (Fsp3) is 0.310. The van der Waals surface area contributed by atoms with E-state index in [0.29, 0.717) is 34.1 Å². The second-order valence-corrected chi connectivity index (χ2v) is 8.48. The number of hydrogen-bond donors (Lipinski definition) is 3. The number of benzene rings is 1. The standard InChI is InChI=1S/C27H29N7O2.C2H6/c1-33-10-12-34(13-11-33)19-22-7-6-21(15-25(22)36-2)27(35)32-24-14-20(16-29-17-24)5-8-23-18-30-26(31-23)4-3-9-28;1-2/h3-4,6-7,9,14-18,28H,10-13,19H2,1-2H3,(H,30,31)(H,32,35);1-2H3/b4-3-,28-9?;. The minimum Gasteiger partial charge on any atom is -0.496 e. The van der Waals surface area contributed by atoms with Gasteiger partial charge in [0.05, 0.1) is 25.2 Å². The highest BCUT2D eigenvalue weighted by molar-refractivity contribution is 6.04. The normalized spacial score (nSPS) is 13.7. The first-order valence-corrected chi connectivity index (χ1v) is 12.6. The number of carbonyl (C=O) groups excluding carboxylic acids is 1. The number of rotatable bonds is 7. The lowest BCUT2D eigenvalue weighted by atomic mass is 10.1. The third-order valence-corrected chi connectivity index (χ3v) is 5.82. The Morgan fingerprint density at radius 1 is 1.16 bits per heavy atom. The van der Waals surface area contributed by atoms with Gasteiger partial charge in [-0.2, -0.15) is 0 Å². The zero-order valence-electron chi connectivity index (χ0n) is 22.4. The number of nitrogens with one attached hydrogen (secondary N) is 3. The molecule has 3 N–H and O–H groups in total. The first-order valence-electron chi connectivity index (χ1n) is 12.6. The highest BCUT2D eigenvalue weighted by Crippen LogP contribution is 2.23. The van der Waals surface area contributed by atoms with Crippen LogP contribution in [0, 0.1) is 17.3 Å². The number of pyridine rings is 1. The SMILES string of the molecule is CC.COc1cc(C(=O)Nc2cncc(C#Cc3cnc(/C=C\C=N)[nH]3)c2)ccc1CN1CCN(C)CC1. The Hall–Kier alpha value is -4.26. The molecule has 38 heavy (non-hydrogen) atoms. The van der Waals surface area contributed by atoms with Crippen molar-refractivity contribution in [2.75, 3.05) is 45.7 Å². The highest BCUT2D eigenvalue weighted by Gasteiger charge is 2.17. The average Bonchev–Trinajstić information content (AvgIpc) is 3.41. The molecule has 1 saturated heterocycles. The molecular formula is C29H35N7O2. The maximum Gasteiger partial charge on any atom is 0.255 e. The number of amides is 1. The van der Waals surface area contributed by atoms with Crippen molar-refractivity contribution in [2.45, 2.75) is 20.4 Å². The minimum absolute atomic E-state index is 0.248. The molecule has 9 nitrogen and oxygen atoms in total. The van der Waals surface area contributed by atoms with Crippen LogP contribution in [0.25, 0.3) is 6.08 Å². The quantitative estimate of drug-likeness (QED) is 0.327. The van der Waals surface area contributed by atoms with Crippen molar-refractivity contribution in [3.05, 3.63) is 77.1 Å². The molecule has 2 aromatic heterocycles. The van der Waals surface area contributed by atoms with Crippen LogP contribution in [0.5, 0.6) is 5.75 Å². The number of ether oxygens (including phenoxy) is 1. The van der Waals surface area contributed by atoms with Gasteiger partial charge in [-0.3, -0.25) is 14.7 Å². The monoisotopic (exact) mass is 513 g/mol. The number of aromatic amines is 1. The van der Waals surface area contributed by atoms with Gasteiger partial charge in [0.15, 0.2) is 0 Å². The smallest absolute Gasteiger partial charge is 0.255 e. The Kier molecular flexibility index (Phi) is 10.8. The second-order valence-electron chi connectivity index (χ2n) is 8.48. The molecule has 4 rings (SSSR count). The molecule has 0 spiro atoms. The van der Waals surface area contributed by atoms with Crippen molar-refractivity contribution < 1.29 is 9.53 Å². The van der Waals surface area contributed by atoms with E-state index >= 15 is 0 Å². The zero-order chi connectivity index (χ0) is 27.3. The Balaban J connectivity index is 0.00000195. The van der Waals surface area contributed by atoms with Gasteiger partial charge in [0.2, 0.25) is 0 Å². The first-order chi connectivity index (χ1) is 18.5. The van der Waals surface area contributed by atoms with Gasteiger partial charge in [0.25, 0.3) is 5.91 Å². The summed E-state index contributed by atoms with van der Waals surface area (Å²) in [4.78, 5) is 29.1. The van der Waals surface area contributed by atoms with Gasteiger partial charge < -0.3 is 25.3 Å². The van der Waals surface area contributed by atoms with Crippen LogP contribution in [-0.4, -0.2) is 77.2 Å². The molecule has 3 heterocycles. The summed E-state index contributed by atoms with van der Waals surface area (Å²) in [5.74, 6) is 7.08. The van der Waals surface area contributed by atoms with Crippen LogP contribution in [0.2, 0.25) is 0 Å². The van der Waals surface area contributed by atoms with Gasteiger partial charge in [0, 0.05) is 61.8 Å². The summed E-state index contributed by atoms with van der Waals surface area (Å²) in [5, 5.41) is 9.92. The number of methoxy groups -OCH3 is 1. The van der Waals surface area contributed by atoms with Crippen LogP contribution in [0.15, 0.2) is 48.9 Å². The van der Waals surface area contributed by atoms with Crippen molar-refractivity contribution in [3.63, 3.8) is 0 Å². The van der Waals surface area contributed by atoms with Crippen LogP contribution in [0.4, 0.5) is 5.69 Å². The maximum absolute atomic E-state index is 12.9. The molecule has 1 aromatic carbocycles. The molecule has 1 aliphatic heterocycles. The summed E-state index contributed by atoms with van der Waals surface area (Å²) in [5.41, 5.74) is 3.41. The third kappa shape index (κ3) is 8.13. The van der Waals surface area contributed by atoms with Crippen molar-refractivity contribution in [3.8, 4) is 17.6 Å². The number of likely N-dealkylation sites (N-methyl/N-ethyl adjacent to an activating group) is 1. The summed E-state index contributed by atoms with van der Waals surface area (Å²) in [7, 11) is 3.77. The summed E-state index contributed by atoms with van der Waals surface area (Å²) in [6, 6.07) is 7.33. The van der Waals surface area contributed by atoms with Crippen LogP contribution in [0.3, 0.4) is 0 Å². The lowest BCUT2D eigenvalue weighted by Gasteiger charge is -2.32. The van der Waals surface area contributed by atoms with E-state index in [1.165, 1.54) is 6.21 Å². The summed E-state index contributed by atoms with van der Waals surface area (Å²) in [6.45, 7) is 8.91. The molecule has 0 saturated carbocycles. The third-order valence-electron chi connectivity index (χ3n) is 5.82. The van der Waals surface area contributed by atoms with E-state index in [0.717, 1.165) is 38.3 Å². The predicted octanol–water partition coefficient (Wildman–Crippen LogP) is 3.90. The van der Waals surface area contributed by atoms with Gasteiger partial charge in [-0.25, -0.2) is 4.98 Å². The van der Waals surface area contributed by atoms with Gasteiger partial charge >= 0.3 is 0 Å². The largest absolute Gasteiger partial charge is 0.496 e. The molecule has 198 valence electrons. The van der Waals surface area contributed by atoms with E-state index in [4.69, 9.17) is 10.1 Å². The van der Waals surface area contributed by atoms with Crippen LogP contribution >= 0.6 is 0 Å². The number of nitrogens with zero attached hydrogens (tertiary/aromatic N) is 4. The van der Waals surface area contributed by atoms with Gasteiger partial charge in [-0.1, -0.05) is 25.8 Å². The van der Waals surface area contributed by atoms with Crippen molar-refractivity contribution in [1.29, 1.82) is 5.41 Å². The summed E-state index contributed by atoms with van der Waals surface area (Å²) in [6.07, 6.45) is 9.27. The number of carbonyl (C=O) groups is 1. The van der Waals surface area contributed by atoms with E-state index < -0.39 is 0 Å². The Morgan fingerprint density at radius 2 is 1.95 bits per heavy atom. The first kappa shape index (κ1) is 28.3. The number of aromatic nitrogens is 3. The van der Waals surface area contributed by atoms with Crippen molar-refractivity contribution in [2.24, 2.45) is 0 Å². The second kappa shape index (κ2) is 14.5. The number of H-pyrrole nitrogens is 1. The molecule has 0 bridgehead atoms. The maximum atomic E-state index is 12.9. The summed E-state index contributed by atoms with van der Waals surface area (Å²) < 4.78 is 5.59. The molecule has 9 heteroatoms. The van der Waals surface area contributed by atoms with E-state index in [1.54, 1.807) is 50.0 Å². The van der Waals surface area contributed by atoms with Gasteiger partial charge in [-0.05, 0) is 43.3 Å². The molecule has 1 amide bonds.